The lowest BCUT2D eigenvalue weighted by Crippen LogP contribution is -2.41. The molecule has 1 heterocycles. The van der Waals surface area contributed by atoms with E-state index in [4.69, 9.17) is 11.6 Å². The maximum atomic E-state index is 5.93. The zero-order chi connectivity index (χ0) is 15.1. The van der Waals surface area contributed by atoms with Gasteiger partial charge >= 0.3 is 0 Å². The normalized spacial score (nSPS) is 22.5. The highest BCUT2D eigenvalue weighted by Crippen LogP contribution is 2.14. The highest BCUT2D eigenvalue weighted by molar-refractivity contribution is 6.30. The molecular weight excluding hydrogens is 280 g/mol. The molecule has 21 heavy (non-hydrogen) atoms. The van der Waals surface area contributed by atoms with Crippen LogP contribution in [-0.4, -0.2) is 24.7 Å². The molecular formula is C18H29ClN2. The Kier molecular flexibility index (Phi) is 7.01. The molecule has 1 aromatic carbocycles. The average molecular weight is 309 g/mol. The molecule has 3 atom stereocenters. The Hall–Kier alpha value is -0.570. The third-order valence-corrected chi connectivity index (χ3v) is 4.58. The molecule has 0 spiro atoms. The van der Waals surface area contributed by atoms with Gasteiger partial charge in [-0.1, -0.05) is 36.6 Å². The minimum absolute atomic E-state index is 0.493. The van der Waals surface area contributed by atoms with E-state index < -0.39 is 0 Å². The third-order valence-electron chi connectivity index (χ3n) is 4.32. The maximum Gasteiger partial charge on any atom is 0.0406 e. The van der Waals surface area contributed by atoms with Gasteiger partial charge in [0.25, 0.3) is 0 Å². The monoisotopic (exact) mass is 308 g/mol. The van der Waals surface area contributed by atoms with Gasteiger partial charge in [0.15, 0.2) is 0 Å². The number of hydrogen-bond acceptors (Lipinski definition) is 2. The highest BCUT2D eigenvalue weighted by Gasteiger charge is 2.16. The Morgan fingerprint density at radius 1 is 1.14 bits per heavy atom. The van der Waals surface area contributed by atoms with Crippen molar-refractivity contribution in [2.75, 3.05) is 6.54 Å². The molecule has 1 fully saturated rings. The molecule has 0 radical (unpaired) electrons. The molecule has 1 aliphatic heterocycles. The fourth-order valence-corrected chi connectivity index (χ4v) is 3.44. The number of nitrogens with one attached hydrogen (secondary N) is 2. The van der Waals surface area contributed by atoms with Crippen LogP contribution in [0.3, 0.4) is 0 Å². The van der Waals surface area contributed by atoms with E-state index in [1.165, 1.54) is 44.2 Å². The van der Waals surface area contributed by atoms with E-state index in [1.807, 2.05) is 12.1 Å². The molecule has 0 bridgehead atoms. The van der Waals surface area contributed by atoms with Crippen molar-refractivity contribution in [2.24, 2.45) is 0 Å². The molecule has 3 heteroatoms. The van der Waals surface area contributed by atoms with Gasteiger partial charge in [-0.05, 0) is 63.8 Å². The number of halogens is 1. The first-order valence-electron chi connectivity index (χ1n) is 8.37. The van der Waals surface area contributed by atoms with Gasteiger partial charge in [-0.3, -0.25) is 0 Å². The van der Waals surface area contributed by atoms with Crippen LogP contribution in [0.25, 0.3) is 0 Å². The second-order valence-electron chi connectivity index (χ2n) is 6.54. The summed E-state index contributed by atoms with van der Waals surface area (Å²) in [5, 5.41) is 8.24. The number of benzene rings is 1. The van der Waals surface area contributed by atoms with Crippen molar-refractivity contribution < 1.29 is 0 Å². The summed E-state index contributed by atoms with van der Waals surface area (Å²) in [6.45, 7) is 5.77. The zero-order valence-electron chi connectivity index (χ0n) is 13.4. The van der Waals surface area contributed by atoms with Crippen molar-refractivity contribution in [1.82, 2.24) is 10.6 Å². The summed E-state index contributed by atoms with van der Waals surface area (Å²) < 4.78 is 0. The van der Waals surface area contributed by atoms with Crippen LogP contribution in [0.4, 0.5) is 0 Å². The fourth-order valence-electron chi connectivity index (χ4n) is 3.32. The standard InChI is InChI=1S/C18H29ClN2/c1-14(12-16-7-9-17(19)10-8-16)21-15(2)13-18-6-4-3-5-11-20-18/h7-10,14-15,18,20-21H,3-6,11-13H2,1-2H3. The SMILES string of the molecule is CC(Cc1ccc(Cl)cc1)NC(C)CC1CCCCCN1. The van der Waals surface area contributed by atoms with Crippen LogP contribution < -0.4 is 10.6 Å². The fraction of sp³-hybridized carbons (Fsp3) is 0.667. The summed E-state index contributed by atoms with van der Waals surface area (Å²) in [6.07, 6.45) is 7.72. The van der Waals surface area contributed by atoms with Crippen molar-refractivity contribution in [2.45, 2.75) is 70.5 Å². The minimum atomic E-state index is 0.493. The molecule has 0 aliphatic carbocycles. The first kappa shape index (κ1) is 16.8. The van der Waals surface area contributed by atoms with Crippen LogP contribution in [0.2, 0.25) is 5.02 Å². The highest BCUT2D eigenvalue weighted by atomic mass is 35.5. The van der Waals surface area contributed by atoms with Crippen molar-refractivity contribution >= 4 is 11.6 Å². The van der Waals surface area contributed by atoms with Crippen LogP contribution in [0.5, 0.6) is 0 Å². The van der Waals surface area contributed by atoms with E-state index in [1.54, 1.807) is 0 Å². The quantitative estimate of drug-likeness (QED) is 0.824. The van der Waals surface area contributed by atoms with Gasteiger partial charge in [0.05, 0.1) is 0 Å². The molecule has 2 nitrogen and oxygen atoms in total. The lowest BCUT2D eigenvalue weighted by molar-refractivity contribution is 0.376. The van der Waals surface area contributed by atoms with Crippen molar-refractivity contribution in [3.63, 3.8) is 0 Å². The van der Waals surface area contributed by atoms with Crippen LogP contribution in [-0.2, 0) is 6.42 Å². The minimum Gasteiger partial charge on any atom is -0.314 e. The van der Waals surface area contributed by atoms with E-state index >= 15 is 0 Å². The summed E-state index contributed by atoms with van der Waals surface area (Å²) >= 11 is 5.93. The van der Waals surface area contributed by atoms with Crippen LogP contribution in [0.15, 0.2) is 24.3 Å². The topological polar surface area (TPSA) is 24.1 Å². The average Bonchev–Trinajstić information content (AvgIpc) is 2.69. The van der Waals surface area contributed by atoms with Crippen LogP contribution in [0.1, 0.15) is 51.5 Å². The predicted octanol–water partition coefficient (Wildman–Crippen LogP) is 4.17. The lowest BCUT2D eigenvalue weighted by Gasteiger charge is -2.24. The predicted molar refractivity (Wildman–Crippen MR) is 92.1 cm³/mol. The van der Waals surface area contributed by atoms with E-state index in [0.29, 0.717) is 18.1 Å². The second kappa shape index (κ2) is 8.77. The second-order valence-corrected chi connectivity index (χ2v) is 6.97. The van der Waals surface area contributed by atoms with Crippen LogP contribution in [0, 0.1) is 0 Å². The van der Waals surface area contributed by atoms with Crippen molar-refractivity contribution in [3.8, 4) is 0 Å². The largest absolute Gasteiger partial charge is 0.314 e. The molecule has 0 saturated carbocycles. The number of rotatable bonds is 6. The van der Waals surface area contributed by atoms with E-state index in [2.05, 4.69) is 36.6 Å². The molecule has 0 aromatic heterocycles. The summed E-state index contributed by atoms with van der Waals surface area (Å²) in [6, 6.07) is 9.94. The molecule has 0 amide bonds. The number of hydrogen-bond donors (Lipinski definition) is 2. The third kappa shape index (κ3) is 6.37. The van der Waals surface area contributed by atoms with Gasteiger partial charge in [0, 0.05) is 23.1 Å². The molecule has 2 N–H and O–H groups in total. The van der Waals surface area contributed by atoms with E-state index in [-0.39, 0.29) is 0 Å². The Balaban J connectivity index is 1.73. The lowest BCUT2D eigenvalue weighted by atomic mass is 10.0. The molecule has 1 saturated heterocycles. The van der Waals surface area contributed by atoms with Gasteiger partial charge in [-0.2, -0.15) is 0 Å². The molecule has 3 unspecified atom stereocenters. The summed E-state index contributed by atoms with van der Waals surface area (Å²) in [5.74, 6) is 0. The van der Waals surface area contributed by atoms with Gasteiger partial charge in [0.1, 0.15) is 0 Å². The Bertz CT molecular complexity index is 396. The first-order chi connectivity index (χ1) is 10.1. The van der Waals surface area contributed by atoms with E-state index in [0.717, 1.165) is 11.4 Å². The van der Waals surface area contributed by atoms with Crippen molar-refractivity contribution in [1.29, 1.82) is 0 Å². The van der Waals surface area contributed by atoms with E-state index in [9.17, 15) is 0 Å². The zero-order valence-corrected chi connectivity index (χ0v) is 14.1. The molecule has 1 aliphatic rings. The van der Waals surface area contributed by atoms with Gasteiger partial charge in [-0.15, -0.1) is 0 Å². The van der Waals surface area contributed by atoms with Crippen LogP contribution >= 0.6 is 11.6 Å². The van der Waals surface area contributed by atoms with Gasteiger partial charge in [0.2, 0.25) is 0 Å². The summed E-state index contributed by atoms with van der Waals surface area (Å²) in [4.78, 5) is 0. The molecule has 2 rings (SSSR count). The Labute approximate surface area is 134 Å². The smallest absolute Gasteiger partial charge is 0.0406 e. The maximum absolute atomic E-state index is 5.93. The molecule has 1 aromatic rings. The van der Waals surface area contributed by atoms with Gasteiger partial charge in [-0.25, -0.2) is 0 Å². The summed E-state index contributed by atoms with van der Waals surface area (Å²) in [7, 11) is 0. The first-order valence-corrected chi connectivity index (χ1v) is 8.75. The molecule has 118 valence electrons. The Morgan fingerprint density at radius 3 is 2.67 bits per heavy atom. The Morgan fingerprint density at radius 2 is 1.90 bits per heavy atom. The van der Waals surface area contributed by atoms with Crippen molar-refractivity contribution in [3.05, 3.63) is 34.9 Å². The summed E-state index contributed by atoms with van der Waals surface area (Å²) in [5.41, 5.74) is 1.35. The van der Waals surface area contributed by atoms with Gasteiger partial charge < -0.3 is 10.6 Å².